The zero-order chi connectivity index (χ0) is 10.2. The van der Waals surface area contributed by atoms with Crippen LogP contribution in [0.15, 0.2) is 15.3 Å². The van der Waals surface area contributed by atoms with Crippen LogP contribution in [0.1, 0.15) is 16.1 Å². The van der Waals surface area contributed by atoms with Crippen LogP contribution >= 0.6 is 15.9 Å². The Morgan fingerprint density at radius 3 is 2.62 bits per heavy atom. The van der Waals surface area contributed by atoms with Gasteiger partial charge in [-0.2, -0.15) is 0 Å². The van der Waals surface area contributed by atoms with E-state index in [0.29, 0.717) is 10.2 Å². The fourth-order valence-electron chi connectivity index (χ4n) is 0.939. The molecule has 0 aliphatic heterocycles. The van der Waals surface area contributed by atoms with Crippen LogP contribution < -0.4 is 5.56 Å². The zero-order valence-corrected chi connectivity index (χ0v) is 8.75. The van der Waals surface area contributed by atoms with E-state index in [1.807, 2.05) is 0 Å². The Hall–Kier alpha value is -1.10. The molecule has 0 aliphatic rings. The summed E-state index contributed by atoms with van der Waals surface area (Å²) < 4.78 is 1.92. The van der Waals surface area contributed by atoms with Crippen molar-refractivity contribution < 1.29 is 9.90 Å². The lowest BCUT2D eigenvalue weighted by molar-refractivity contribution is 0.0694. The van der Waals surface area contributed by atoms with Gasteiger partial charge in [0.1, 0.15) is 5.56 Å². The van der Waals surface area contributed by atoms with Gasteiger partial charge in [0.2, 0.25) is 0 Å². The van der Waals surface area contributed by atoms with Crippen LogP contribution in [-0.2, 0) is 7.05 Å². The molecule has 1 N–H and O–H groups in total. The molecule has 4 nitrogen and oxygen atoms in total. The number of halogens is 1. The lowest BCUT2D eigenvalue weighted by Crippen LogP contribution is -2.25. The number of aromatic nitrogens is 1. The van der Waals surface area contributed by atoms with Crippen molar-refractivity contribution in [2.45, 2.75) is 6.92 Å². The fourth-order valence-corrected chi connectivity index (χ4v) is 1.43. The Balaban J connectivity index is 3.60. The summed E-state index contributed by atoms with van der Waals surface area (Å²) >= 11 is 3.18. The Labute approximate surface area is 82.9 Å². The molecule has 0 saturated carbocycles. The Morgan fingerprint density at radius 2 is 2.15 bits per heavy atom. The van der Waals surface area contributed by atoms with Gasteiger partial charge in [-0.25, -0.2) is 4.79 Å². The van der Waals surface area contributed by atoms with Gasteiger partial charge in [-0.05, 0) is 28.9 Å². The van der Waals surface area contributed by atoms with E-state index in [9.17, 15) is 9.59 Å². The minimum atomic E-state index is -1.21. The largest absolute Gasteiger partial charge is 0.477 e. The first-order valence-electron chi connectivity index (χ1n) is 3.54. The Bertz CT molecular complexity index is 422. The van der Waals surface area contributed by atoms with E-state index in [0.717, 1.165) is 0 Å². The van der Waals surface area contributed by atoms with Crippen molar-refractivity contribution in [2.24, 2.45) is 7.05 Å². The summed E-state index contributed by atoms with van der Waals surface area (Å²) in [6.45, 7) is 1.73. The molecule has 0 radical (unpaired) electrons. The molecule has 13 heavy (non-hydrogen) atoms. The molecular weight excluding hydrogens is 238 g/mol. The molecule has 1 aromatic heterocycles. The summed E-state index contributed by atoms with van der Waals surface area (Å²) in [6, 6.07) is 1.32. The number of pyridine rings is 1. The van der Waals surface area contributed by atoms with E-state index in [2.05, 4.69) is 15.9 Å². The van der Waals surface area contributed by atoms with Crippen LogP contribution in [0.2, 0.25) is 0 Å². The average molecular weight is 246 g/mol. The monoisotopic (exact) mass is 245 g/mol. The number of carbonyl (C=O) groups is 1. The SMILES string of the molecule is Cc1c(Br)cc(C(=O)O)c(=O)n1C. The smallest absolute Gasteiger partial charge is 0.341 e. The van der Waals surface area contributed by atoms with Crippen molar-refractivity contribution in [3.05, 3.63) is 32.2 Å². The molecule has 0 amide bonds. The lowest BCUT2D eigenvalue weighted by atomic mass is 10.2. The molecule has 70 valence electrons. The van der Waals surface area contributed by atoms with Crippen LogP contribution in [-0.4, -0.2) is 15.6 Å². The number of aromatic carboxylic acids is 1. The molecule has 5 heteroatoms. The maximum Gasteiger partial charge on any atom is 0.341 e. The van der Waals surface area contributed by atoms with Crippen LogP contribution in [0, 0.1) is 6.92 Å². The normalized spacial score (nSPS) is 10.1. The third kappa shape index (κ3) is 1.65. The first-order chi connectivity index (χ1) is 5.95. The van der Waals surface area contributed by atoms with Gasteiger partial charge in [0.05, 0.1) is 0 Å². The highest BCUT2D eigenvalue weighted by Gasteiger charge is 2.12. The first kappa shape index (κ1) is 9.98. The van der Waals surface area contributed by atoms with Gasteiger partial charge in [-0.3, -0.25) is 4.79 Å². The van der Waals surface area contributed by atoms with E-state index >= 15 is 0 Å². The van der Waals surface area contributed by atoms with Crippen LogP contribution in [0.3, 0.4) is 0 Å². The summed E-state index contributed by atoms with van der Waals surface area (Å²) in [5, 5.41) is 8.67. The summed E-state index contributed by atoms with van der Waals surface area (Å²) in [7, 11) is 1.54. The Morgan fingerprint density at radius 1 is 1.62 bits per heavy atom. The van der Waals surface area contributed by atoms with Gasteiger partial charge in [-0.15, -0.1) is 0 Å². The average Bonchev–Trinajstić information content (AvgIpc) is 2.07. The number of rotatable bonds is 1. The van der Waals surface area contributed by atoms with E-state index < -0.39 is 11.5 Å². The third-order valence-corrected chi connectivity index (χ3v) is 2.69. The number of carboxylic acid groups (broad SMARTS) is 1. The van der Waals surface area contributed by atoms with Gasteiger partial charge in [0.25, 0.3) is 5.56 Å². The van der Waals surface area contributed by atoms with Crippen LogP contribution in [0.25, 0.3) is 0 Å². The number of nitrogens with zero attached hydrogens (tertiary/aromatic N) is 1. The summed E-state index contributed by atoms with van der Waals surface area (Å²) in [5.41, 5.74) is -0.0109. The second kappa shape index (κ2) is 3.33. The second-order valence-corrected chi connectivity index (χ2v) is 3.52. The van der Waals surface area contributed by atoms with Gasteiger partial charge in [0.15, 0.2) is 0 Å². The molecule has 0 aromatic carbocycles. The molecule has 0 fully saturated rings. The van der Waals surface area contributed by atoms with Gasteiger partial charge >= 0.3 is 5.97 Å². The van der Waals surface area contributed by atoms with E-state index in [-0.39, 0.29) is 5.56 Å². The standard InChI is InChI=1S/C8H8BrNO3/c1-4-6(9)3-5(8(12)13)7(11)10(4)2/h3H,1-2H3,(H,12,13). The zero-order valence-electron chi connectivity index (χ0n) is 7.17. The van der Waals surface area contributed by atoms with Crippen molar-refractivity contribution in [3.8, 4) is 0 Å². The highest BCUT2D eigenvalue weighted by atomic mass is 79.9. The van der Waals surface area contributed by atoms with Crippen molar-refractivity contribution in [2.75, 3.05) is 0 Å². The molecule has 0 unspecified atom stereocenters. The van der Waals surface area contributed by atoms with E-state index in [1.165, 1.54) is 17.7 Å². The molecule has 0 aliphatic carbocycles. The maximum atomic E-state index is 11.3. The minimum Gasteiger partial charge on any atom is -0.477 e. The number of carboxylic acids is 1. The maximum absolute atomic E-state index is 11.3. The molecule has 1 rings (SSSR count). The molecular formula is C8H8BrNO3. The predicted molar refractivity (Wildman–Crippen MR) is 51.1 cm³/mol. The fraction of sp³-hybridized carbons (Fsp3) is 0.250. The van der Waals surface area contributed by atoms with Crippen LogP contribution in [0.4, 0.5) is 0 Å². The molecule has 1 heterocycles. The summed E-state index contributed by atoms with van der Waals surface area (Å²) in [4.78, 5) is 21.9. The number of hydrogen-bond donors (Lipinski definition) is 1. The first-order valence-corrected chi connectivity index (χ1v) is 4.34. The van der Waals surface area contributed by atoms with Gasteiger partial charge < -0.3 is 9.67 Å². The minimum absolute atomic E-state index is 0.222. The topological polar surface area (TPSA) is 59.3 Å². The summed E-state index contributed by atoms with van der Waals surface area (Å²) in [6.07, 6.45) is 0. The van der Waals surface area contributed by atoms with E-state index in [4.69, 9.17) is 5.11 Å². The van der Waals surface area contributed by atoms with Crippen molar-refractivity contribution in [1.82, 2.24) is 4.57 Å². The quantitative estimate of drug-likeness (QED) is 0.808. The van der Waals surface area contributed by atoms with E-state index in [1.54, 1.807) is 6.92 Å². The van der Waals surface area contributed by atoms with Crippen molar-refractivity contribution in [1.29, 1.82) is 0 Å². The molecule has 1 aromatic rings. The molecule has 0 spiro atoms. The van der Waals surface area contributed by atoms with Crippen LogP contribution in [0.5, 0.6) is 0 Å². The second-order valence-electron chi connectivity index (χ2n) is 2.66. The van der Waals surface area contributed by atoms with Crippen molar-refractivity contribution >= 4 is 21.9 Å². The summed E-state index contributed by atoms with van der Waals surface area (Å²) in [5.74, 6) is -1.21. The molecule has 0 bridgehead atoms. The predicted octanol–water partition coefficient (Wildman–Crippen LogP) is 1.15. The van der Waals surface area contributed by atoms with Gasteiger partial charge in [0, 0.05) is 17.2 Å². The Kier molecular flexibility index (Phi) is 2.56. The third-order valence-electron chi connectivity index (χ3n) is 1.89. The molecule has 0 atom stereocenters. The molecule has 0 saturated heterocycles. The van der Waals surface area contributed by atoms with Gasteiger partial charge in [-0.1, -0.05) is 0 Å². The lowest BCUT2D eigenvalue weighted by Gasteiger charge is -2.06. The van der Waals surface area contributed by atoms with Crippen molar-refractivity contribution in [3.63, 3.8) is 0 Å². The number of hydrogen-bond acceptors (Lipinski definition) is 2. The highest BCUT2D eigenvalue weighted by molar-refractivity contribution is 9.10. The highest BCUT2D eigenvalue weighted by Crippen LogP contribution is 2.14.